The lowest BCUT2D eigenvalue weighted by molar-refractivity contribution is -0.134. The van der Waals surface area contributed by atoms with Crippen molar-refractivity contribution in [3.8, 4) is 0 Å². The Hall–Kier alpha value is -0.420. The van der Waals surface area contributed by atoms with Crippen molar-refractivity contribution >= 4 is 40.9 Å². The van der Waals surface area contributed by atoms with Crippen LogP contribution in [-0.2, 0) is 11.3 Å². The van der Waals surface area contributed by atoms with Crippen LogP contribution >= 0.6 is 35.0 Å². The smallest absolute Gasteiger partial charge is 0.227 e. The standard InChI is InChI=1S/C16H20Cl2N2OS/c17-14-2-1-12(9-15(14)18)10-19-4-3-13(11-19)16(21)20-5-7-22-8-6-20/h1-2,9,13H,3-8,10-11H2. The first-order valence-corrected chi connectivity index (χ1v) is 9.57. The molecule has 2 saturated heterocycles. The highest BCUT2D eigenvalue weighted by Crippen LogP contribution is 2.26. The molecule has 2 heterocycles. The van der Waals surface area contributed by atoms with Crippen molar-refractivity contribution in [3.63, 3.8) is 0 Å². The van der Waals surface area contributed by atoms with E-state index in [1.54, 1.807) is 0 Å². The van der Waals surface area contributed by atoms with Crippen LogP contribution in [0.1, 0.15) is 12.0 Å². The summed E-state index contributed by atoms with van der Waals surface area (Å²) in [7, 11) is 0. The zero-order valence-corrected chi connectivity index (χ0v) is 14.8. The minimum absolute atomic E-state index is 0.158. The molecule has 2 aliphatic rings. The molecule has 0 N–H and O–H groups in total. The van der Waals surface area contributed by atoms with Crippen LogP contribution in [0.5, 0.6) is 0 Å². The van der Waals surface area contributed by atoms with Crippen LogP contribution in [0, 0.1) is 5.92 Å². The van der Waals surface area contributed by atoms with E-state index in [1.807, 2.05) is 34.9 Å². The van der Waals surface area contributed by atoms with Gasteiger partial charge in [-0.25, -0.2) is 0 Å². The number of carbonyl (C=O) groups is 1. The summed E-state index contributed by atoms with van der Waals surface area (Å²) in [6.45, 7) is 4.47. The Morgan fingerprint density at radius 2 is 1.95 bits per heavy atom. The van der Waals surface area contributed by atoms with E-state index in [4.69, 9.17) is 23.2 Å². The summed E-state index contributed by atoms with van der Waals surface area (Å²) in [5.74, 6) is 2.65. The number of hydrogen-bond donors (Lipinski definition) is 0. The molecule has 120 valence electrons. The van der Waals surface area contributed by atoms with Crippen molar-refractivity contribution in [2.75, 3.05) is 37.7 Å². The minimum atomic E-state index is 0.158. The van der Waals surface area contributed by atoms with Gasteiger partial charge in [0.15, 0.2) is 0 Å². The van der Waals surface area contributed by atoms with Crippen molar-refractivity contribution in [2.24, 2.45) is 5.92 Å². The molecule has 0 bridgehead atoms. The van der Waals surface area contributed by atoms with Gasteiger partial charge >= 0.3 is 0 Å². The fourth-order valence-corrected chi connectivity index (χ4v) is 4.34. The zero-order chi connectivity index (χ0) is 15.5. The molecule has 0 radical (unpaired) electrons. The molecule has 1 amide bonds. The molecule has 2 aliphatic heterocycles. The maximum atomic E-state index is 12.5. The maximum Gasteiger partial charge on any atom is 0.227 e. The number of likely N-dealkylation sites (tertiary alicyclic amines) is 1. The summed E-state index contributed by atoms with van der Waals surface area (Å²) < 4.78 is 0. The summed E-state index contributed by atoms with van der Waals surface area (Å²) in [6, 6.07) is 5.76. The van der Waals surface area contributed by atoms with Crippen LogP contribution in [-0.4, -0.2) is 53.4 Å². The van der Waals surface area contributed by atoms with Gasteiger partial charge in [0.1, 0.15) is 0 Å². The second-order valence-corrected chi connectivity index (χ2v) is 7.95. The van der Waals surface area contributed by atoms with Crippen LogP contribution in [0.2, 0.25) is 10.0 Å². The molecule has 1 aromatic carbocycles. The Morgan fingerprint density at radius 3 is 2.68 bits per heavy atom. The highest BCUT2D eigenvalue weighted by atomic mass is 35.5. The second kappa shape index (κ2) is 7.43. The first kappa shape index (κ1) is 16.4. The third-order valence-corrected chi connectivity index (χ3v) is 6.02. The first-order valence-electron chi connectivity index (χ1n) is 7.66. The fourth-order valence-electron chi connectivity index (χ4n) is 3.12. The highest BCUT2D eigenvalue weighted by Gasteiger charge is 2.31. The molecular weight excluding hydrogens is 339 g/mol. The second-order valence-electron chi connectivity index (χ2n) is 5.91. The number of hydrogen-bond acceptors (Lipinski definition) is 3. The quantitative estimate of drug-likeness (QED) is 0.827. The Kier molecular flexibility index (Phi) is 5.55. The average Bonchev–Trinajstić information content (AvgIpc) is 2.99. The highest BCUT2D eigenvalue weighted by molar-refractivity contribution is 7.99. The van der Waals surface area contributed by atoms with E-state index in [9.17, 15) is 4.79 Å². The number of carbonyl (C=O) groups excluding carboxylic acids is 1. The Morgan fingerprint density at radius 1 is 1.18 bits per heavy atom. The Labute approximate surface area is 145 Å². The van der Waals surface area contributed by atoms with Gasteiger partial charge in [0.25, 0.3) is 0 Å². The summed E-state index contributed by atoms with van der Waals surface area (Å²) >= 11 is 14.0. The molecule has 0 aliphatic carbocycles. The maximum absolute atomic E-state index is 12.5. The van der Waals surface area contributed by atoms with E-state index in [1.165, 1.54) is 0 Å². The third kappa shape index (κ3) is 3.91. The number of halogens is 2. The van der Waals surface area contributed by atoms with E-state index in [2.05, 4.69) is 4.90 Å². The molecule has 1 aromatic rings. The number of rotatable bonds is 3. The molecule has 2 fully saturated rings. The summed E-state index contributed by atoms with van der Waals surface area (Å²) in [5, 5.41) is 1.18. The lowest BCUT2D eigenvalue weighted by Crippen LogP contribution is -2.42. The van der Waals surface area contributed by atoms with Gasteiger partial charge in [-0.15, -0.1) is 0 Å². The normalized spacial score (nSPS) is 23.0. The third-order valence-electron chi connectivity index (χ3n) is 4.33. The first-order chi connectivity index (χ1) is 10.6. The number of thioether (sulfide) groups is 1. The van der Waals surface area contributed by atoms with Crippen LogP contribution in [0.15, 0.2) is 18.2 Å². The lowest BCUT2D eigenvalue weighted by atomic mass is 10.1. The predicted octanol–water partition coefficient (Wildman–Crippen LogP) is 3.39. The van der Waals surface area contributed by atoms with E-state index >= 15 is 0 Å². The molecule has 1 atom stereocenters. The SMILES string of the molecule is O=C(C1CCN(Cc2ccc(Cl)c(Cl)c2)C1)N1CCSCC1. The van der Waals surface area contributed by atoms with Crippen LogP contribution < -0.4 is 0 Å². The fraction of sp³-hybridized carbons (Fsp3) is 0.562. The number of nitrogens with zero attached hydrogens (tertiary/aromatic N) is 2. The summed E-state index contributed by atoms with van der Waals surface area (Å²) in [5.41, 5.74) is 1.15. The largest absolute Gasteiger partial charge is 0.341 e. The Bertz CT molecular complexity index is 549. The molecule has 0 saturated carbocycles. The van der Waals surface area contributed by atoms with Gasteiger partial charge in [0.05, 0.1) is 16.0 Å². The minimum Gasteiger partial charge on any atom is -0.341 e. The average molecular weight is 359 g/mol. The van der Waals surface area contributed by atoms with Crippen molar-refractivity contribution in [1.82, 2.24) is 9.80 Å². The molecule has 3 nitrogen and oxygen atoms in total. The molecular formula is C16H20Cl2N2OS. The Balaban J connectivity index is 1.55. The van der Waals surface area contributed by atoms with Crippen molar-refractivity contribution in [2.45, 2.75) is 13.0 Å². The topological polar surface area (TPSA) is 23.6 Å². The van der Waals surface area contributed by atoms with E-state index in [-0.39, 0.29) is 5.92 Å². The summed E-state index contributed by atoms with van der Waals surface area (Å²) in [4.78, 5) is 16.9. The van der Waals surface area contributed by atoms with Gasteiger partial charge in [-0.3, -0.25) is 9.69 Å². The van der Waals surface area contributed by atoms with Crippen molar-refractivity contribution in [1.29, 1.82) is 0 Å². The molecule has 0 spiro atoms. The van der Waals surface area contributed by atoms with Gasteiger partial charge in [0, 0.05) is 37.7 Å². The van der Waals surface area contributed by atoms with E-state index < -0.39 is 0 Å². The molecule has 22 heavy (non-hydrogen) atoms. The molecule has 3 rings (SSSR count). The predicted molar refractivity (Wildman–Crippen MR) is 93.8 cm³/mol. The van der Waals surface area contributed by atoms with Crippen LogP contribution in [0.4, 0.5) is 0 Å². The zero-order valence-electron chi connectivity index (χ0n) is 12.4. The molecule has 1 unspecified atom stereocenters. The monoisotopic (exact) mass is 358 g/mol. The van der Waals surface area contributed by atoms with Gasteiger partial charge in [-0.05, 0) is 30.7 Å². The van der Waals surface area contributed by atoms with Gasteiger partial charge in [-0.2, -0.15) is 11.8 Å². The van der Waals surface area contributed by atoms with E-state index in [0.717, 1.165) is 56.2 Å². The molecule has 0 aromatic heterocycles. The van der Waals surface area contributed by atoms with E-state index in [0.29, 0.717) is 16.0 Å². The number of benzene rings is 1. The van der Waals surface area contributed by atoms with Crippen LogP contribution in [0.3, 0.4) is 0 Å². The van der Waals surface area contributed by atoms with Crippen molar-refractivity contribution < 1.29 is 4.79 Å². The van der Waals surface area contributed by atoms with Crippen LogP contribution in [0.25, 0.3) is 0 Å². The number of amides is 1. The molecule has 6 heteroatoms. The lowest BCUT2D eigenvalue weighted by Gasteiger charge is -2.29. The van der Waals surface area contributed by atoms with Gasteiger partial charge in [0.2, 0.25) is 5.91 Å². The van der Waals surface area contributed by atoms with Crippen molar-refractivity contribution in [3.05, 3.63) is 33.8 Å². The van der Waals surface area contributed by atoms with Gasteiger partial charge in [-0.1, -0.05) is 29.3 Å². The van der Waals surface area contributed by atoms with Gasteiger partial charge < -0.3 is 4.90 Å². The summed E-state index contributed by atoms with van der Waals surface area (Å²) in [6.07, 6.45) is 0.962.